The Hall–Kier alpha value is -0.370. The van der Waals surface area contributed by atoms with Gasteiger partial charge in [0.15, 0.2) is 0 Å². The molecule has 0 aromatic carbocycles. The van der Waals surface area contributed by atoms with Gasteiger partial charge in [0.1, 0.15) is 0 Å². The molecule has 54 valence electrons. The van der Waals surface area contributed by atoms with Crippen LogP contribution in [-0.4, -0.2) is 19.4 Å². The van der Waals surface area contributed by atoms with E-state index < -0.39 is 0 Å². The summed E-state index contributed by atoms with van der Waals surface area (Å²) >= 11 is 0. The van der Waals surface area contributed by atoms with Crippen LogP contribution < -0.4 is 0 Å². The zero-order chi connectivity index (χ0) is 7.28. The molecule has 0 aromatic heterocycles. The first-order valence-corrected chi connectivity index (χ1v) is 3.22. The number of hydrogen-bond donors (Lipinski definition) is 1. The van der Waals surface area contributed by atoms with E-state index in [-0.39, 0.29) is 0 Å². The highest BCUT2D eigenvalue weighted by Gasteiger charge is 2.01. The van der Waals surface area contributed by atoms with E-state index in [1.165, 1.54) is 0 Å². The van der Waals surface area contributed by atoms with Crippen LogP contribution in [0, 0.1) is 11.3 Å². The first-order valence-electron chi connectivity index (χ1n) is 3.22. The average Bonchev–Trinajstić information content (AvgIpc) is 1.82. The molecule has 0 saturated heterocycles. The van der Waals surface area contributed by atoms with Crippen molar-refractivity contribution in [2.24, 2.45) is 5.92 Å². The van der Waals surface area contributed by atoms with Crippen molar-refractivity contribution in [3.05, 3.63) is 0 Å². The Balaban J connectivity index is 3.27. The van der Waals surface area contributed by atoms with E-state index in [2.05, 4.69) is 0 Å². The molecule has 1 N–H and O–H groups in total. The number of hydrogen-bond acceptors (Lipinski definition) is 2. The minimum Gasteiger partial charge on any atom is -0.385 e. The second kappa shape index (κ2) is 4.50. The van der Waals surface area contributed by atoms with E-state index in [9.17, 15) is 0 Å². The maximum atomic E-state index is 7.22. The van der Waals surface area contributed by atoms with Gasteiger partial charge in [0.2, 0.25) is 0 Å². The van der Waals surface area contributed by atoms with Crippen molar-refractivity contribution in [3.8, 4) is 0 Å². The molecule has 1 atom stereocenters. The van der Waals surface area contributed by atoms with Gasteiger partial charge < -0.3 is 10.1 Å². The highest BCUT2D eigenvalue weighted by Crippen LogP contribution is 2.01. The molecular formula is C7H15NO. The van der Waals surface area contributed by atoms with E-state index in [1.807, 2.05) is 13.8 Å². The Morgan fingerprint density at radius 1 is 1.67 bits per heavy atom. The van der Waals surface area contributed by atoms with Crippen LogP contribution in [0.15, 0.2) is 0 Å². The van der Waals surface area contributed by atoms with Gasteiger partial charge in [-0.05, 0) is 19.3 Å². The first kappa shape index (κ1) is 8.63. The molecule has 0 bridgehead atoms. The molecule has 0 fully saturated rings. The molecular weight excluding hydrogens is 114 g/mol. The third-order valence-electron chi connectivity index (χ3n) is 1.49. The summed E-state index contributed by atoms with van der Waals surface area (Å²) in [5.41, 5.74) is 0.743. The van der Waals surface area contributed by atoms with Crippen molar-refractivity contribution in [2.45, 2.75) is 20.3 Å². The highest BCUT2D eigenvalue weighted by atomic mass is 16.5. The summed E-state index contributed by atoms with van der Waals surface area (Å²) in [7, 11) is 1.69. The number of ether oxygens (including phenoxy) is 1. The second-order valence-electron chi connectivity index (χ2n) is 2.37. The zero-order valence-electron chi connectivity index (χ0n) is 6.40. The van der Waals surface area contributed by atoms with E-state index >= 15 is 0 Å². The second-order valence-corrected chi connectivity index (χ2v) is 2.37. The van der Waals surface area contributed by atoms with E-state index in [4.69, 9.17) is 10.1 Å². The molecule has 1 unspecified atom stereocenters. The predicted octanol–water partition coefficient (Wildman–Crippen LogP) is 1.70. The van der Waals surface area contributed by atoms with Crippen molar-refractivity contribution in [2.75, 3.05) is 13.7 Å². The summed E-state index contributed by atoms with van der Waals surface area (Å²) < 4.78 is 4.87. The van der Waals surface area contributed by atoms with E-state index in [1.54, 1.807) is 7.11 Å². The summed E-state index contributed by atoms with van der Waals surface area (Å²) in [6.45, 7) is 4.64. The molecule has 0 spiro atoms. The molecule has 0 amide bonds. The summed E-state index contributed by atoms with van der Waals surface area (Å²) in [5.74, 6) is 0.380. The van der Waals surface area contributed by atoms with Gasteiger partial charge in [-0.3, -0.25) is 0 Å². The van der Waals surface area contributed by atoms with Crippen molar-refractivity contribution in [1.82, 2.24) is 0 Å². The molecule has 0 aliphatic rings. The van der Waals surface area contributed by atoms with Gasteiger partial charge >= 0.3 is 0 Å². The summed E-state index contributed by atoms with van der Waals surface area (Å²) in [6.07, 6.45) is 0.964. The highest BCUT2D eigenvalue weighted by molar-refractivity contribution is 5.80. The molecule has 0 aliphatic carbocycles. The monoisotopic (exact) mass is 129 g/mol. The van der Waals surface area contributed by atoms with Crippen LogP contribution in [0.25, 0.3) is 0 Å². The van der Waals surface area contributed by atoms with Crippen LogP contribution >= 0.6 is 0 Å². The van der Waals surface area contributed by atoms with Gasteiger partial charge in [-0.15, -0.1) is 0 Å². The smallest absolute Gasteiger partial charge is 0.0468 e. The minimum absolute atomic E-state index is 0.380. The van der Waals surface area contributed by atoms with Gasteiger partial charge in [-0.2, -0.15) is 0 Å². The molecule has 0 aliphatic heterocycles. The zero-order valence-corrected chi connectivity index (χ0v) is 6.40. The lowest BCUT2D eigenvalue weighted by Gasteiger charge is -2.06. The summed E-state index contributed by atoms with van der Waals surface area (Å²) in [5, 5.41) is 7.22. The Morgan fingerprint density at radius 2 is 2.22 bits per heavy atom. The quantitative estimate of drug-likeness (QED) is 0.576. The van der Waals surface area contributed by atoms with Crippen LogP contribution in [0.2, 0.25) is 0 Å². The van der Waals surface area contributed by atoms with Gasteiger partial charge in [0, 0.05) is 19.4 Å². The van der Waals surface area contributed by atoms with Crippen molar-refractivity contribution < 1.29 is 4.74 Å². The lowest BCUT2D eigenvalue weighted by atomic mass is 10.0. The van der Waals surface area contributed by atoms with Gasteiger partial charge in [0.05, 0.1) is 0 Å². The van der Waals surface area contributed by atoms with Crippen LogP contribution in [0.1, 0.15) is 20.3 Å². The van der Waals surface area contributed by atoms with E-state index in [0.29, 0.717) is 5.92 Å². The Labute approximate surface area is 56.7 Å². The fourth-order valence-corrected chi connectivity index (χ4v) is 0.511. The lowest BCUT2D eigenvalue weighted by molar-refractivity contribution is 0.188. The average molecular weight is 129 g/mol. The molecule has 9 heavy (non-hydrogen) atoms. The molecule has 2 nitrogen and oxygen atoms in total. The Morgan fingerprint density at radius 3 is 2.56 bits per heavy atom. The summed E-state index contributed by atoms with van der Waals surface area (Å²) in [4.78, 5) is 0. The fraction of sp³-hybridized carbons (Fsp3) is 0.857. The van der Waals surface area contributed by atoms with Crippen LogP contribution in [0.3, 0.4) is 0 Å². The van der Waals surface area contributed by atoms with Crippen molar-refractivity contribution in [3.63, 3.8) is 0 Å². The van der Waals surface area contributed by atoms with Gasteiger partial charge in [-0.1, -0.05) is 6.92 Å². The SMILES string of the molecule is COCCC(C)C(C)=N. The third kappa shape index (κ3) is 4.15. The standard InChI is InChI=1S/C7H15NO/c1-6(7(2)8)4-5-9-3/h6,8H,4-5H2,1-3H3. The molecule has 0 heterocycles. The molecule has 0 saturated carbocycles. The topological polar surface area (TPSA) is 33.1 Å². The van der Waals surface area contributed by atoms with Crippen LogP contribution in [0.5, 0.6) is 0 Å². The largest absolute Gasteiger partial charge is 0.385 e. The fourth-order valence-electron chi connectivity index (χ4n) is 0.511. The maximum Gasteiger partial charge on any atom is 0.0468 e. The number of nitrogens with one attached hydrogen (secondary N) is 1. The molecule has 0 radical (unpaired) electrons. The first-order chi connectivity index (χ1) is 4.18. The lowest BCUT2D eigenvalue weighted by Crippen LogP contribution is -2.07. The number of rotatable bonds is 4. The Bertz CT molecular complexity index is 90.9. The van der Waals surface area contributed by atoms with Gasteiger partial charge in [-0.25, -0.2) is 0 Å². The van der Waals surface area contributed by atoms with Crippen LogP contribution in [-0.2, 0) is 4.74 Å². The third-order valence-corrected chi connectivity index (χ3v) is 1.49. The van der Waals surface area contributed by atoms with Crippen LogP contribution in [0.4, 0.5) is 0 Å². The summed E-state index contributed by atoms with van der Waals surface area (Å²) in [6, 6.07) is 0. The van der Waals surface area contributed by atoms with E-state index in [0.717, 1.165) is 18.7 Å². The molecule has 2 heteroatoms. The molecule has 0 rings (SSSR count). The normalized spacial score (nSPS) is 13.2. The van der Waals surface area contributed by atoms with Crippen molar-refractivity contribution >= 4 is 5.71 Å². The van der Waals surface area contributed by atoms with Gasteiger partial charge in [0.25, 0.3) is 0 Å². The maximum absolute atomic E-state index is 7.22. The minimum atomic E-state index is 0.380. The van der Waals surface area contributed by atoms with Crippen molar-refractivity contribution in [1.29, 1.82) is 5.41 Å². The predicted molar refractivity (Wildman–Crippen MR) is 39.1 cm³/mol. The molecule has 0 aromatic rings. The number of methoxy groups -OCH3 is 1. The Kier molecular flexibility index (Phi) is 4.32.